The van der Waals surface area contributed by atoms with Gasteiger partial charge in [0.25, 0.3) is 10.2 Å². The lowest BCUT2D eigenvalue weighted by Crippen LogP contribution is -2.60. The molecule has 3 heterocycles. The molecule has 0 bridgehead atoms. The van der Waals surface area contributed by atoms with E-state index in [1.807, 2.05) is 26.1 Å². The molecule has 2 fully saturated rings. The van der Waals surface area contributed by atoms with Gasteiger partial charge in [-0.25, -0.2) is 9.97 Å². The van der Waals surface area contributed by atoms with Crippen LogP contribution < -0.4 is 4.90 Å². The van der Waals surface area contributed by atoms with E-state index in [1.54, 1.807) is 17.7 Å². The van der Waals surface area contributed by atoms with Crippen molar-refractivity contribution in [2.24, 2.45) is 5.92 Å². The third-order valence-electron chi connectivity index (χ3n) is 6.76. The number of H-pyrrole nitrogens is 1. The molecule has 31 heavy (non-hydrogen) atoms. The van der Waals surface area contributed by atoms with Crippen LogP contribution in [0.25, 0.3) is 11.0 Å². The molecule has 1 N–H and O–H groups in total. The van der Waals surface area contributed by atoms with Crippen LogP contribution in [0.3, 0.4) is 0 Å². The topological polar surface area (TPSA) is 109 Å². The van der Waals surface area contributed by atoms with Crippen molar-refractivity contribution in [3.63, 3.8) is 0 Å². The van der Waals surface area contributed by atoms with Gasteiger partial charge in [-0.05, 0) is 38.7 Å². The number of nitriles is 1. The van der Waals surface area contributed by atoms with Gasteiger partial charge in [-0.1, -0.05) is 13.3 Å². The standard InChI is InChI=1S/C21H31N7O2S/c1-4-5-17(13-22)12-16(2)26(3)31(29,30)28-11-10-27(14-21(28)7-8-21)20-18-6-9-23-19(18)24-15-25-20/h6,9,15-17H,4-5,7-8,10-12,14H2,1-3H3,(H,23,24,25). The van der Waals surface area contributed by atoms with Gasteiger partial charge < -0.3 is 9.88 Å². The number of anilines is 1. The number of hydrogen-bond acceptors (Lipinski definition) is 6. The Labute approximate surface area is 184 Å². The first-order valence-corrected chi connectivity index (χ1v) is 12.4. The molecule has 1 saturated heterocycles. The van der Waals surface area contributed by atoms with E-state index in [4.69, 9.17) is 0 Å². The van der Waals surface area contributed by atoms with Crippen molar-refractivity contribution < 1.29 is 8.42 Å². The zero-order valence-corrected chi connectivity index (χ0v) is 19.3. The van der Waals surface area contributed by atoms with Crippen LogP contribution in [-0.4, -0.2) is 70.2 Å². The molecule has 2 aromatic rings. The van der Waals surface area contributed by atoms with Crippen molar-refractivity contribution in [1.29, 1.82) is 5.26 Å². The minimum atomic E-state index is -3.62. The Balaban J connectivity index is 1.51. The number of aromatic amines is 1. The first-order chi connectivity index (χ1) is 14.8. The second-order valence-electron chi connectivity index (χ2n) is 8.88. The summed E-state index contributed by atoms with van der Waals surface area (Å²) in [6.45, 7) is 5.58. The van der Waals surface area contributed by atoms with Crippen LogP contribution in [0.2, 0.25) is 0 Å². The molecule has 2 aromatic heterocycles. The molecule has 2 atom stereocenters. The van der Waals surface area contributed by atoms with Gasteiger partial charge in [0.2, 0.25) is 0 Å². The summed E-state index contributed by atoms with van der Waals surface area (Å²) in [5.41, 5.74) is 0.411. The Morgan fingerprint density at radius 2 is 2.13 bits per heavy atom. The molecule has 1 aliphatic heterocycles. The van der Waals surface area contributed by atoms with Crippen LogP contribution in [0, 0.1) is 17.2 Å². The van der Waals surface area contributed by atoms with E-state index in [0.29, 0.717) is 26.1 Å². The Morgan fingerprint density at radius 1 is 1.35 bits per heavy atom. The fourth-order valence-corrected chi connectivity index (χ4v) is 6.59. The van der Waals surface area contributed by atoms with Gasteiger partial charge in [0, 0.05) is 44.8 Å². The fraction of sp³-hybridized carbons (Fsp3) is 0.667. The van der Waals surface area contributed by atoms with Gasteiger partial charge in [0.05, 0.1) is 17.0 Å². The van der Waals surface area contributed by atoms with E-state index in [2.05, 4.69) is 25.9 Å². The molecule has 0 aromatic carbocycles. The molecule has 0 radical (unpaired) electrons. The molecule has 10 heteroatoms. The largest absolute Gasteiger partial charge is 0.353 e. The lowest BCUT2D eigenvalue weighted by Gasteiger charge is -2.43. The number of fused-ring (bicyclic) bond motifs is 1. The predicted octanol–water partition coefficient (Wildman–Crippen LogP) is 2.51. The van der Waals surface area contributed by atoms with Crippen molar-refractivity contribution in [1.82, 2.24) is 23.6 Å². The number of piperazine rings is 1. The van der Waals surface area contributed by atoms with Crippen molar-refractivity contribution in [3.05, 3.63) is 18.6 Å². The van der Waals surface area contributed by atoms with Crippen LogP contribution in [-0.2, 0) is 10.2 Å². The average molecular weight is 446 g/mol. The summed E-state index contributed by atoms with van der Waals surface area (Å²) in [6.07, 6.45) is 7.37. The van der Waals surface area contributed by atoms with Crippen LogP contribution >= 0.6 is 0 Å². The van der Waals surface area contributed by atoms with E-state index in [9.17, 15) is 13.7 Å². The van der Waals surface area contributed by atoms with Crippen LogP contribution in [0.1, 0.15) is 46.0 Å². The Hall–Kier alpha value is -2.22. The van der Waals surface area contributed by atoms with Gasteiger partial charge in [-0.15, -0.1) is 0 Å². The van der Waals surface area contributed by atoms with E-state index in [-0.39, 0.29) is 17.5 Å². The van der Waals surface area contributed by atoms with Crippen LogP contribution in [0.4, 0.5) is 5.82 Å². The zero-order valence-electron chi connectivity index (χ0n) is 18.5. The molecule has 2 unspecified atom stereocenters. The highest BCUT2D eigenvalue weighted by Crippen LogP contribution is 2.47. The molecule has 9 nitrogen and oxygen atoms in total. The van der Waals surface area contributed by atoms with Crippen molar-refractivity contribution in [3.8, 4) is 6.07 Å². The first kappa shape index (κ1) is 22.0. The minimum Gasteiger partial charge on any atom is -0.353 e. The Bertz CT molecular complexity index is 1070. The zero-order chi connectivity index (χ0) is 22.2. The Morgan fingerprint density at radius 3 is 2.81 bits per heavy atom. The molecule has 0 amide bonds. The second-order valence-corrected chi connectivity index (χ2v) is 10.8. The fourth-order valence-electron chi connectivity index (χ4n) is 4.69. The van der Waals surface area contributed by atoms with Crippen molar-refractivity contribution in [2.75, 3.05) is 31.6 Å². The van der Waals surface area contributed by atoms with E-state index in [1.165, 1.54) is 4.31 Å². The maximum Gasteiger partial charge on any atom is 0.282 e. The van der Waals surface area contributed by atoms with Crippen LogP contribution in [0.15, 0.2) is 18.6 Å². The highest BCUT2D eigenvalue weighted by molar-refractivity contribution is 7.86. The highest BCUT2D eigenvalue weighted by Gasteiger charge is 2.57. The van der Waals surface area contributed by atoms with Crippen molar-refractivity contribution >= 4 is 27.1 Å². The first-order valence-electron chi connectivity index (χ1n) is 11.0. The molecule has 168 valence electrons. The van der Waals surface area contributed by atoms with Gasteiger partial charge >= 0.3 is 0 Å². The summed E-state index contributed by atoms with van der Waals surface area (Å²) in [4.78, 5) is 14.1. The summed E-state index contributed by atoms with van der Waals surface area (Å²) in [5.74, 6) is 0.735. The van der Waals surface area contributed by atoms with Crippen LogP contribution in [0.5, 0.6) is 0 Å². The third kappa shape index (κ3) is 4.02. The summed E-state index contributed by atoms with van der Waals surface area (Å²) in [7, 11) is -1.97. The smallest absolute Gasteiger partial charge is 0.282 e. The predicted molar refractivity (Wildman–Crippen MR) is 120 cm³/mol. The lowest BCUT2D eigenvalue weighted by molar-refractivity contribution is 0.235. The molecular weight excluding hydrogens is 414 g/mol. The molecule has 1 saturated carbocycles. The summed E-state index contributed by atoms with van der Waals surface area (Å²) < 4.78 is 30.3. The van der Waals surface area contributed by atoms with Crippen molar-refractivity contribution in [2.45, 2.75) is 57.5 Å². The van der Waals surface area contributed by atoms with Gasteiger partial charge in [-0.2, -0.15) is 22.3 Å². The number of aromatic nitrogens is 3. The number of nitrogens with one attached hydrogen (secondary N) is 1. The maximum absolute atomic E-state index is 13.5. The van der Waals surface area contributed by atoms with Gasteiger partial charge in [0.1, 0.15) is 17.8 Å². The number of rotatable bonds is 8. The molecule has 4 rings (SSSR count). The minimum absolute atomic E-state index is 0.120. The molecular formula is C21H31N7O2S. The van der Waals surface area contributed by atoms with Gasteiger partial charge in [0.15, 0.2) is 0 Å². The quantitative estimate of drug-likeness (QED) is 0.669. The van der Waals surface area contributed by atoms with E-state index < -0.39 is 10.2 Å². The summed E-state index contributed by atoms with van der Waals surface area (Å²) in [6, 6.07) is 4.07. The van der Waals surface area contributed by atoms with Gasteiger partial charge in [-0.3, -0.25) is 0 Å². The summed E-state index contributed by atoms with van der Waals surface area (Å²) >= 11 is 0. The monoisotopic (exact) mass is 445 g/mol. The molecule has 2 aliphatic rings. The Kier molecular flexibility index (Phi) is 5.94. The highest BCUT2D eigenvalue weighted by atomic mass is 32.2. The maximum atomic E-state index is 13.5. The van der Waals surface area contributed by atoms with E-state index in [0.717, 1.165) is 42.5 Å². The lowest BCUT2D eigenvalue weighted by atomic mass is 9.98. The SMILES string of the molecule is CCCC(C#N)CC(C)N(C)S(=O)(=O)N1CCN(c2ncnc3[nH]ccc23)CC12CC2. The third-order valence-corrected chi connectivity index (χ3v) is 8.97. The average Bonchev–Trinajstić information content (AvgIpc) is 3.33. The molecule has 1 spiro atoms. The summed E-state index contributed by atoms with van der Waals surface area (Å²) in [5, 5.41) is 10.3. The number of nitrogens with zero attached hydrogens (tertiary/aromatic N) is 6. The normalized spacial score (nSPS) is 20.8. The molecule has 1 aliphatic carbocycles. The second kappa shape index (κ2) is 8.37. The van der Waals surface area contributed by atoms with E-state index >= 15 is 0 Å². The number of hydrogen-bond donors (Lipinski definition) is 1.